The van der Waals surface area contributed by atoms with Gasteiger partial charge in [-0.05, 0) is 60.9 Å². The normalized spacial score (nSPS) is 10.4. The number of nitrogens with one attached hydrogen (secondary N) is 1. The molecule has 1 nitrogen and oxygen atoms in total. The molecule has 0 heterocycles. The van der Waals surface area contributed by atoms with Crippen molar-refractivity contribution in [2.75, 3.05) is 5.32 Å². The molecule has 3 heteroatoms. The molecule has 0 aliphatic heterocycles. The van der Waals surface area contributed by atoms with Crippen LogP contribution in [0.5, 0.6) is 0 Å². The quantitative estimate of drug-likeness (QED) is 0.857. The van der Waals surface area contributed by atoms with Crippen LogP contribution in [0.2, 0.25) is 0 Å². The number of hydrogen-bond donors (Lipinski definition) is 1. The summed E-state index contributed by atoms with van der Waals surface area (Å²) in [6, 6.07) is 11.0. The fraction of sp³-hybridized carbons (Fsp3) is 0.200. The summed E-state index contributed by atoms with van der Waals surface area (Å²) in [4.78, 5) is 0. The molecule has 2 aromatic carbocycles. The summed E-state index contributed by atoms with van der Waals surface area (Å²) >= 11 is 3.44. The van der Waals surface area contributed by atoms with Gasteiger partial charge in [-0.15, -0.1) is 0 Å². The topological polar surface area (TPSA) is 12.0 Å². The lowest BCUT2D eigenvalue weighted by atomic mass is 10.1. The van der Waals surface area contributed by atoms with Crippen molar-refractivity contribution in [3.05, 3.63) is 63.4 Å². The smallest absolute Gasteiger partial charge is 0.123 e. The van der Waals surface area contributed by atoms with Crippen molar-refractivity contribution in [2.45, 2.75) is 20.4 Å². The molecule has 0 unspecified atom stereocenters. The lowest BCUT2D eigenvalue weighted by molar-refractivity contribution is 0.625. The van der Waals surface area contributed by atoms with Crippen LogP contribution >= 0.6 is 15.9 Å². The van der Waals surface area contributed by atoms with Gasteiger partial charge < -0.3 is 5.32 Å². The first-order chi connectivity index (χ1) is 8.56. The van der Waals surface area contributed by atoms with Crippen molar-refractivity contribution in [2.24, 2.45) is 0 Å². The highest BCUT2D eigenvalue weighted by atomic mass is 79.9. The highest BCUT2D eigenvalue weighted by Crippen LogP contribution is 2.21. The average molecular weight is 308 g/mol. The Morgan fingerprint density at radius 2 is 1.83 bits per heavy atom. The highest BCUT2D eigenvalue weighted by Gasteiger charge is 2.02. The monoisotopic (exact) mass is 307 g/mol. The van der Waals surface area contributed by atoms with Crippen molar-refractivity contribution in [1.82, 2.24) is 0 Å². The van der Waals surface area contributed by atoms with E-state index in [9.17, 15) is 4.39 Å². The predicted molar refractivity (Wildman–Crippen MR) is 77.3 cm³/mol. The van der Waals surface area contributed by atoms with Crippen LogP contribution in [0, 0.1) is 19.7 Å². The summed E-state index contributed by atoms with van der Waals surface area (Å²) in [5.74, 6) is -0.184. The Morgan fingerprint density at radius 1 is 1.06 bits per heavy atom. The zero-order valence-electron chi connectivity index (χ0n) is 10.4. The summed E-state index contributed by atoms with van der Waals surface area (Å²) < 4.78 is 14.1. The van der Waals surface area contributed by atoms with Crippen molar-refractivity contribution < 1.29 is 4.39 Å². The lowest BCUT2D eigenvalue weighted by Crippen LogP contribution is -2.02. The molecule has 0 amide bonds. The van der Waals surface area contributed by atoms with Crippen LogP contribution in [0.25, 0.3) is 0 Å². The molecular formula is C15H15BrFN. The Hall–Kier alpha value is -1.35. The van der Waals surface area contributed by atoms with Crippen molar-refractivity contribution in [1.29, 1.82) is 0 Å². The van der Waals surface area contributed by atoms with E-state index >= 15 is 0 Å². The summed E-state index contributed by atoms with van der Waals surface area (Å²) in [6.07, 6.45) is 0. The average Bonchev–Trinajstić information content (AvgIpc) is 2.30. The minimum atomic E-state index is -0.184. The van der Waals surface area contributed by atoms with E-state index in [0.29, 0.717) is 6.54 Å². The van der Waals surface area contributed by atoms with E-state index in [1.807, 2.05) is 25.1 Å². The number of rotatable bonds is 3. The van der Waals surface area contributed by atoms with Crippen LogP contribution in [0.3, 0.4) is 0 Å². The maximum Gasteiger partial charge on any atom is 0.123 e. The van der Waals surface area contributed by atoms with Gasteiger partial charge in [0, 0.05) is 16.7 Å². The molecule has 0 atom stereocenters. The SMILES string of the molecule is Cc1cc(F)ccc1CNc1ccc(Br)cc1C. The first kappa shape index (κ1) is 13.1. The Balaban J connectivity index is 2.11. The molecule has 0 saturated carbocycles. The summed E-state index contributed by atoms with van der Waals surface area (Å²) in [6.45, 7) is 4.69. The molecule has 0 fully saturated rings. The van der Waals surface area contributed by atoms with Crippen molar-refractivity contribution in [3.8, 4) is 0 Å². The molecule has 2 aromatic rings. The first-order valence-corrected chi connectivity index (χ1v) is 6.60. The van der Waals surface area contributed by atoms with E-state index in [2.05, 4.69) is 34.2 Å². The second kappa shape index (κ2) is 5.53. The van der Waals surface area contributed by atoms with Crippen molar-refractivity contribution in [3.63, 3.8) is 0 Å². The standard InChI is InChI=1S/C15H15BrFN/c1-10-8-14(17)5-3-12(10)9-18-15-6-4-13(16)7-11(15)2/h3-8,18H,9H2,1-2H3. The molecule has 0 spiro atoms. The molecule has 0 aliphatic rings. The Labute approximate surface area is 115 Å². The fourth-order valence-corrected chi connectivity index (χ4v) is 2.35. The minimum Gasteiger partial charge on any atom is -0.381 e. The zero-order valence-corrected chi connectivity index (χ0v) is 12.0. The van der Waals surface area contributed by atoms with Gasteiger partial charge in [-0.2, -0.15) is 0 Å². The second-order valence-corrected chi connectivity index (χ2v) is 5.30. The maximum atomic E-state index is 13.0. The van der Waals surface area contributed by atoms with E-state index in [1.165, 1.54) is 11.6 Å². The van der Waals surface area contributed by atoms with Crippen LogP contribution in [-0.4, -0.2) is 0 Å². The lowest BCUT2D eigenvalue weighted by Gasteiger charge is -2.11. The summed E-state index contributed by atoms with van der Waals surface area (Å²) in [7, 11) is 0. The second-order valence-electron chi connectivity index (χ2n) is 4.38. The highest BCUT2D eigenvalue weighted by molar-refractivity contribution is 9.10. The summed E-state index contributed by atoms with van der Waals surface area (Å²) in [5, 5.41) is 3.37. The number of anilines is 1. The van der Waals surface area contributed by atoms with E-state index in [-0.39, 0.29) is 5.82 Å². The molecule has 94 valence electrons. The van der Waals surface area contributed by atoms with E-state index in [0.717, 1.165) is 21.3 Å². The molecule has 0 bridgehead atoms. The Bertz CT molecular complexity index is 515. The molecular weight excluding hydrogens is 293 g/mol. The van der Waals surface area contributed by atoms with E-state index in [4.69, 9.17) is 0 Å². The first-order valence-electron chi connectivity index (χ1n) is 5.81. The van der Waals surface area contributed by atoms with Gasteiger partial charge in [0.15, 0.2) is 0 Å². The molecule has 1 N–H and O–H groups in total. The van der Waals surface area contributed by atoms with E-state index in [1.54, 1.807) is 6.07 Å². The number of hydrogen-bond acceptors (Lipinski definition) is 1. The van der Waals surface area contributed by atoms with E-state index < -0.39 is 0 Å². The van der Waals surface area contributed by atoms with Gasteiger partial charge in [0.05, 0.1) is 0 Å². The third kappa shape index (κ3) is 3.10. The molecule has 0 radical (unpaired) electrons. The van der Waals surface area contributed by atoms with Crippen LogP contribution in [0.1, 0.15) is 16.7 Å². The third-order valence-electron chi connectivity index (χ3n) is 2.96. The third-order valence-corrected chi connectivity index (χ3v) is 3.46. The molecule has 0 aliphatic carbocycles. The molecule has 0 saturated heterocycles. The van der Waals surface area contributed by atoms with Crippen LogP contribution in [0.4, 0.5) is 10.1 Å². The Kier molecular flexibility index (Phi) is 4.02. The van der Waals surface area contributed by atoms with Crippen LogP contribution < -0.4 is 5.32 Å². The molecule has 2 rings (SSSR count). The number of benzene rings is 2. The van der Waals surface area contributed by atoms with Gasteiger partial charge >= 0.3 is 0 Å². The summed E-state index contributed by atoms with van der Waals surface area (Å²) in [5.41, 5.74) is 4.36. The van der Waals surface area contributed by atoms with Crippen molar-refractivity contribution >= 4 is 21.6 Å². The predicted octanol–water partition coefficient (Wildman–Crippen LogP) is 4.82. The molecule has 0 aromatic heterocycles. The van der Waals surface area contributed by atoms with Gasteiger partial charge in [-0.25, -0.2) is 4.39 Å². The number of aryl methyl sites for hydroxylation is 2. The Morgan fingerprint density at radius 3 is 2.50 bits per heavy atom. The number of halogens is 2. The van der Waals surface area contributed by atoms with Gasteiger partial charge in [0.2, 0.25) is 0 Å². The van der Waals surface area contributed by atoms with Gasteiger partial charge in [0.1, 0.15) is 5.82 Å². The largest absolute Gasteiger partial charge is 0.381 e. The van der Waals surface area contributed by atoms with Gasteiger partial charge in [-0.3, -0.25) is 0 Å². The zero-order chi connectivity index (χ0) is 13.1. The van der Waals surface area contributed by atoms with Gasteiger partial charge in [-0.1, -0.05) is 22.0 Å². The molecule has 18 heavy (non-hydrogen) atoms. The van der Waals surface area contributed by atoms with Gasteiger partial charge in [0.25, 0.3) is 0 Å². The minimum absolute atomic E-state index is 0.184. The fourth-order valence-electron chi connectivity index (χ4n) is 1.87. The maximum absolute atomic E-state index is 13.0. The van der Waals surface area contributed by atoms with Crippen LogP contribution in [-0.2, 0) is 6.54 Å². The van der Waals surface area contributed by atoms with Crippen LogP contribution in [0.15, 0.2) is 40.9 Å².